The lowest BCUT2D eigenvalue weighted by molar-refractivity contribution is 0.222. The summed E-state index contributed by atoms with van der Waals surface area (Å²) in [6.07, 6.45) is 3.00. The maximum atomic E-state index is 5.04. The van der Waals surface area contributed by atoms with Gasteiger partial charge in [-0.25, -0.2) is 4.98 Å². The number of hydrogen-bond donors (Lipinski definition) is 1. The Balaban J connectivity index is 2.15. The molecule has 0 saturated carbocycles. The first-order valence-electron chi connectivity index (χ1n) is 5.44. The molecule has 0 spiro atoms. The highest BCUT2D eigenvalue weighted by atomic mass is 32.1. The van der Waals surface area contributed by atoms with Crippen LogP contribution in [0.25, 0.3) is 0 Å². The largest absolute Gasteiger partial charge is 0.333 e. The Labute approximate surface area is 95.5 Å². The number of fused-ring (bicyclic) bond motifs is 1. The van der Waals surface area contributed by atoms with Crippen LogP contribution < -0.4 is 0 Å². The molecule has 3 nitrogen and oxygen atoms in total. The zero-order valence-corrected chi connectivity index (χ0v) is 10.1. The Morgan fingerprint density at radius 1 is 1.60 bits per heavy atom. The minimum Gasteiger partial charge on any atom is -0.333 e. The third kappa shape index (κ3) is 2.63. The molecular weight excluding hydrogens is 206 g/mol. The number of rotatable bonds is 2. The zero-order chi connectivity index (χ0) is 10.8. The molecule has 0 aliphatic carbocycles. The second-order valence-electron chi connectivity index (χ2n) is 4.57. The first-order chi connectivity index (χ1) is 7.15. The topological polar surface area (TPSA) is 31.9 Å². The van der Waals surface area contributed by atoms with Crippen LogP contribution in [0.3, 0.4) is 0 Å². The Morgan fingerprint density at radius 3 is 3.13 bits per heavy atom. The smallest absolute Gasteiger partial charge is 0.196 e. The van der Waals surface area contributed by atoms with Crippen LogP contribution in [0.4, 0.5) is 0 Å². The Bertz CT molecular complexity index is 397. The molecule has 0 bridgehead atoms. The standard InChI is InChI=1S/C11H17N3S/c1-8(2)6-14-4-3-9-5-12-11(15)13-10(9)7-14/h5,8H,3-4,6-7H2,1-2H3,(H,12,13,15). The van der Waals surface area contributed by atoms with E-state index in [2.05, 4.69) is 28.7 Å². The molecule has 0 fully saturated rings. The molecular formula is C11H17N3S. The summed E-state index contributed by atoms with van der Waals surface area (Å²) in [5, 5.41) is 0. The molecule has 0 saturated heterocycles. The van der Waals surface area contributed by atoms with Crippen LogP contribution in [-0.2, 0) is 13.0 Å². The van der Waals surface area contributed by atoms with Gasteiger partial charge in [-0.1, -0.05) is 13.8 Å². The number of H-pyrrole nitrogens is 1. The molecule has 1 aliphatic heterocycles. The summed E-state index contributed by atoms with van der Waals surface area (Å²) >= 11 is 5.04. The molecule has 0 atom stereocenters. The minimum absolute atomic E-state index is 0.597. The van der Waals surface area contributed by atoms with Gasteiger partial charge >= 0.3 is 0 Å². The molecule has 1 N–H and O–H groups in total. The summed E-state index contributed by atoms with van der Waals surface area (Å²) in [5.74, 6) is 0.719. The molecule has 0 unspecified atom stereocenters. The quantitative estimate of drug-likeness (QED) is 0.780. The van der Waals surface area contributed by atoms with E-state index in [1.807, 2.05) is 6.20 Å². The lowest BCUT2D eigenvalue weighted by atomic mass is 10.1. The van der Waals surface area contributed by atoms with Crippen LogP contribution in [0.5, 0.6) is 0 Å². The fourth-order valence-corrected chi connectivity index (χ4v) is 2.24. The van der Waals surface area contributed by atoms with Crippen molar-refractivity contribution >= 4 is 12.2 Å². The predicted octanol–water partition coefficient (Wildman–Crippen LogP) is 2.15. The lowest BCUT2D eigenvalue weighted by Gasteiger charge is -2.29. The van der Waals surface area contributed by atoms with Gasteiger partial charge < -0.3 is 4.98 Å². The zero-order valence-electron chi connectivity index (χ0n) is 9.29. The molecule has 0 amide bonds. The van der Waals surface area contributed by atoms with Gasteiger partial charge in [0.15, 0.2) is 4.77 Å². The van der Waals surface area contributed by atoms with E-state index in [4.69, 9.17) is 12.2 Å². The van der Waals surface area contributed by atoms with Crippen molar-refractivity contribution in [2.75, 3.05) is 13.1 Å². The van der Waals surface area contributed by atoms with E-state index in [1.54, 1.807) is 0 Å². The van der Waals surface area contributed by atoms with E-state index < -0.39 is 0 Å². The molecule has 1 aromatic rings. The number of nitrogens with zero attached hydrogens (tertiary/aromatic N) is 2. The van der Waals surface area contributed by atoms with Gasteiger partial charge in [0.1, 0.15) is 0 Å². The van der Waals surface area contributed by atoms with Gasteiger partial charge in [-0.3, -0.25) is 4.90 Å². The van der Waals surface area contributed by atoms with E-state index in [0.717, 1.165) is 32.0 Å². The van der Waals surface area contributed by atoms with Crippen molar-refractivity contribution in [3.05, 3.63) is 22.2 Å². The van der Waals surface area contributed by atoms with Crippen LogP contribution in [-0.4, -0.2) is 28.0 Å². The normalized spacial score (nSPS) is 16.7. The molecule has 2 rings (SSSR count). The summed E-state index contributed by atoms with van der Waals surface area (Å²) in [5.41, 5.74) is 2.57. The molecule has 15 heavy (non-hydrogen) atoms. The maximum absolute atomic E-state index is 5.04. The van der Waals surface area contributed by atoms with E-state index in [9.17, 15) is 0 Å². The summed E-state index contributed by atoms with van der Waals surface area (Å²) in [7, 11) is 0. The molecule has 1 aliphatic rings. The summed E-state index contributed by atoms with van der Waals surface area (Å²) in [6, 6.07) is 0. The summed E-state index contributed by atoms with van der Waals surface area (Å²) < 4.78 is 0.597. The van der Waals surface area contributed by atoms with E-state index in [1.165, 1.54) is 11.3 Å². The van der Waals surface area contributed by atoms with Gasteiger partial charge in [0.2, 0.25) is 0 Å². The van der Waals surface area contributed by atoms with Crippen LogP contribution in [0.1, 0.15) is 25.1 Å². The SMILES string of the molecule is CC(C)CN1CCc2cnc(=S)[nH]c2C1. The van der Waals surface area contributed by atoms with Gasteiger partial charge in [0.05, 0.1) is 0 Å². The van der Waals surface area contributed by atoms with Crippen molar-refractivity contribution in [3.63, 3.8) is 0 Å². The summed E-state index contributed by atoms with van der Waals surface area (Å²) in [4.78, 5) is 9.78. The molecule has 0 aromatic carbocycles. The third-order valence-electron chi connectivity index (χ3n) is 2.69. The van der Waals surface area contributed by atoms with E-state index >= 15 is 0 Å². The van der Waals surface area contributed by atoms with Crippen LogP contribution in [0, 0.1) is 10.7 Å². The average molecular weight is 223 g/mol. The predicted molar refractivity (Wildman–Crippen MR) is 63.2 cm³/mol. The number of aromatic nitrogens is 2. The van der Waals surface area contributed by atoms with Crippen molar-refractivity contribution in [2.24, 2.45) is 5.92 Å². The van der Waals surface area contributed by atoms with Crippen LogP contribution >= 0.6 is 12.2 Å². The van der Waals surface area contributed by atoms with Crippen LogP contribution in [0.2, 0.25) is 0 Å². The highest BCUT2D eigenvalue weighted by molar-refractivity contribution is 7.71. The maximum Gasteiger partial charge on any atom is 0.196 e. The molecule has 1 aromatic heterocycles. The third-order valence-corrected chi connectivity index (χ3v) is 2.89. The first-order valence-corrected chi connectivity index (χ1v) is 5.85. The Kier molecular flexibility index (Phi) is 3.17. The lowest BCUT2D eigenvalue weighted by Crippen LogP contribution is -2.34. The number of nitrogens with one attached hydrogen (secondary N) is 1. The molecule has 2 heterocycles. The highest BCUT2D eigenvalue weighted by Crippen LogP contribution is 2.16. The van der Waals surface area contributed by atoms with Crippen molar-refractivity contribution in [2.45, 2.75) is 26.8 Å². The van der Waals surface area contributed by atoms with Crippen molar-refractivity contribution in [3.8, 4) is 0 Å². The minimum atomic E-state index is 0.597. The Morgan fingerprint density at radius 2 is 2.40 bits per heavy atom. The van der Waals surface area contributed by atoms with Gasteiger partial charge in [-0.15, -0.1) is 0 Å². The van der Waals surface area contributed by atoms with Crippen LogP contribution in [0.15, 0.2) is 6.20 Å². The monoisotopic (exact) mass is 223 g/mol. The molecule has 0 radical (unpaired) electrons. The molecule has 4 heteroatoms. The van der Waals surface area contributed by atoms with Gasteiger partial charge in [-0.2, -0.15) is 0 Å². The number of aromatic amines is 1. The van der Waals surface area contributed by atoms with Crippen molar-refractivity contribution in [1.82, 2.24) is 14.9 Å². The average Bonchev–Trinajstić information content (AvgIpc) is 2.16. The first kappa shape index (κ1) is 10.8. The summed E-state index contributed by atoms with van der Waals surface area (Å²) in [6.45, 7) is 7.79. The van der Waals surface area contributed by atoms with E-state index in [-0.39, 0.29) is 0 Å². The highest BCUT2D eigenvalue weighted by Gasteiger charge is 2.17. The number of hydrogen-bond acceptors (Lipinski definition) is 3. The van der Waals surface area contributed by atoms with E-state index in [0.29, 0.717) is 4.77 Å². The fraction of sp³-hybridized carbons (Fsp3) is 0.636. The van der Waals surface area contributed by atoms with Gasteiger partial charge in [-0.05, 0) is 30.1 Å². The second-order valence-corrected chi connectivity index (χ2v) is 4.96. The van der Waals surface area contributed by atoms with Gasteiger partial charge in [0.25, 0.3) is 0 Å². The van der Waals surface area contributed by atoms with Gasteiger partial charge in [0, 0.05) is 31.5 Å². The Hall–Kier alpha value is -0.740. The fourth-order valence-electron chi connectivity index (χ4n) is 2.07. The second kappa shape index (κ2) is 4.41. The van der Waals surface area contributed by atoms with Crippen molar-refractivity contribution < 1.29 is 0 Å². The van der Waals surface area contributed by atoms with Crippen molar-refractivity contribution in [1.29, 1.82) is 0 Å². The molecule has 82 valence electrons.